The monoisotopic (exact) mass is 458 g/mol. The van der Waals surface area contributed by atoms with Crippen molar-refractivity contribution in [3.05, 3.63) is 51.3 Å². The zero-order valence-electron chi connectivity index (χ0n) is 15.7. The van der Waals surface area contributed by atoms with Crippen LogP contribution in [0.1, 0.15) is 0 Å². The summed E-state index contributed by atoms with van der Waals surface area (Å²) in [5.74, 6) is 1.65. The molecule has 0 fully saturated rings. The first-order chi connectivity index (χ1) is 14.0. The van der Waals surface area contributed by atoms with Gasteiger partial charge >= 0.3 is 5.63 Å². The van der Waals surface area contributed by atoms with Gasteiger partial charge in [-0.05, 0) is 36.4 Å². The molecule has 0 spiro atoms. The molecular formula is C20H15BrN2O6. The summed E-state index contributed by atoms with van der Waals surface area (Å²) in [5.41, 5.74) is 0.635. The molecule has 0 unspecified atom stereocenters. The molecule has 0 N–H and O–H groups in total. The number of halogens is 1. The average Bonchev–Trinajstić information content (AvgIpc) is 3.22. The first-order valence-electron chi connectivity index (χ1n) is 8.42. The van der Waals surface area contributed by atoms with Gasteiger partial charge in [0, 0.05) is 15.4 Å². The molecule has 2 heterocycles. The molecule has 0 radical (unpaired) electrons. The molecule has 0 saturated heterocycles. The van der Waals surface area contributed by atoms with Gasteiger partial charge in [0.1, 0.15) is 11.1 Å². The van der Waals surface area contributed by atoms with E-state index in [-0.39, 0.29) is 17.3 Å². The Balaban J connectivity index is 1.81. The van der Waals surface area contributed by atoms with Crippen LogP contribution >= 0.6 is 15.9 Å². The van der Waals surface area contributed by atoms with E-state index in [9.17, 15) is 4.79 Å². The van der Waals surface area contributed by atoms with Crippen molar-refractivity contribution < 1.29 is 23.2 Å². The van der Waals surface area contributed by atoms with Crippen LogP contribution in [0.2, 0.25) is 0 Å². The number of ether oxygens (including phenoxy) is 3. The summed E-state index contributed by atoms with van der Waals surface area (Å²) in [7, 11) is 4.55. The zero-order valence-corrected chi connectivity index (χ0v) is 17.3. The van der Waals surface area contributed by atoms with Gasteiger partial charge in [-0.1, -0.05) is 21.1 Å². The summed E-state index contributed by atoms with van der Waals surface area (Å²) in [6.07, 6.45) is 0. The van der Waals surface area contributed by atoms with Gasteiger partial charge < -0.3 is 23.2 Å². The van der Waals surface area contributed by atoms with Crippen LogP contribution in [0.5, 0.6) is 17.2 Å². The van der Waals surface area contributed by atoms with Gasteiger partial charge in [-0.25, -0.2) is 4.79 Å². The third-order valence-electron chi connectivity index (χ3n) is 4.27. The molecular weight excluding hydrogens is 444 g/mol. The van der Waals surface area contributed by atoms with Gasteiger partial charge in [-0.3, -0.25) is 0 Å². The fraction of sp³-hybridized carbons (Fsp3) is 0.150. The third-order valence-corrected chi connectivity index (χ3v) is 4.77. The van der Waals surface area contributed by atoms with Gasteiger partial charge in [0.15, 0.2) is 11.5 Å². The van der Waals surface area contributed by atoms with Crippen LogP contribution in [-0.2, 0) is 0 Å². The lowest BCUT2D eigenvalue weighted by molar-refractivity contribution is 0.324. The number of nitrogens with zero attached hydrogens (tertiary/aromatic N) is 2. The Morgan fingerprint density at radius 3 is 2.34 bits per heavy atom. The van der Waals surface area contributed by atoms with Crippen molar-refractivity contribution in [2.75, 3.05) is 21.3 Å². The molecule has 9 heteroatoms. The molecule has 0 bridgehead atoms. The lowest BCUT2D eigenvalue weighted by Gasteiger charge is -2.12. The van der Waals surface area contributed by atoms with Gasteiger partial charge in [-0.15, -0.1) is 0 Å². The van der Waals surface area contributed by atoms with E-state index in [4.69, 9.17) is 23.2 Å². The number of aromatic nitrogens is 2. The van der Waals surface area contributed by atoms with Crippen LogP contribution in [0.15, 0.2) is 54.6 Å². The van der Waals surface area contributed by atoms with E-state index in [1.807, 2.05) is 6.07 Å². The maximum absolute atomic E-state index is 12.4. The summed E-state index contributed by atoms with van der Waals surface area (Å²) in [4.78, 5) is 16.7. The molecule has 0 aliphatic carbocycles. The van der Waals surface area contributed by atoms with Gasteiger partial charge in [0.2, 0.25) is 11.6 Å². The van der Waals surface area contributed by atoms with E-state index in [2.05, 4.69) is 26.1 Å². The van der Waals surface area contributed by atoms with E-state index in [1.165, 1.54) is 21.3 Å². The van der Waals surface area contributed by atoms with Crippen molar-refractivity contribution >= 4 is 26.9 Å². The predicted molar refractivity (Wildman–Crippen MR) is 109 cm³/mol. The zero-order chi connectivity index (χ0) is 20.5. The average molecular weight is 459 g/mol. The molecule has 0 atom stereocenters. The first kappa shape index (κ1) is 19.0. The summed E-state index contributed by atoms with van der Waals surface area (Å²) in [6.45, 7) is 0. The topological polar surface area (TPSA) is 96.8 Å². The minimum absolute atomic E-state index is 0.0457. The van der Waals surface area contributed by atoms with Crippen molar-refractivity contribution in [3.8, 4) is 40.1 Å². The van der Waals surface area contributed by atoms with Crippen LogP contribution < -0.4 is 19.8 Å². The quantitative estimate of drug-likeness (QED) is 0.408. The molecule has 4 aromatic rings. The second kappa shape index (κ2) is 7.59. The molecule has 2 aromatic heterocycles. The SMILES string of the molecule is COc1cc(-c2noc(-c3cc4cc(Br)ccc4oc3=O)n2)cc(OC)c1OC. The third kappa shape index (κ3) is 3.44. The Labute approximate surface area is 173 Å². The molecule has 4 rings (SSSR count). The smallest absolute Gasteiger partial charge is 0.349 e. The van der Waals surface area contributed by atoms with Crippen LogP contribution in [0.4, 0.5) is 0 Å². The molecule has 0 saturated carbocycles. The maximum atomic E-state index is 12.4. The van der Waals surface area contributed by atoms with Gasteiger partial charge in [0.05, 0.1) is 21.3 Å². The Kier molecular flexibility index (Phi) is 4.98. The number of methoxy groups -OCH3 is 3. The Hall–Kier alpha value is -3.33. The van der Waals surface area contributed by atoms with Crippen molar-refractivity contribution in [2.24, 2.45) is 0 Å². The minimum atomic E-state index is -0.570. The largest absolute Gasteiger partial charge is 0.493 e. The molecule has 8 nitrogen and oxygen atoms in total. The second-order valence-electron chi connectivity index (χ2n) is 5.97. The first-order valence-corrected chi connectivity index (χ1v) is 9.21. The van der Waals surface area contributed by atoms with Crippen molar-refractivity contribution in [1.82, 2.24) is 10.1 Å². The summed E-state index contributed by atoms with van der Waals surface area (Å²) in [5, 5.41) is 4.70. The van der Waals surface area contributed by atoms with E-state index >= 15 is 0 Å². The fourth-order valence-corrected chi connectivity index (χ4v) is 3.28. The Morgan fingerprint density at radius 1 is 0.966 bits per heavy atom. The number of fused-ring (bicyclic) bond motifs is 1. The number of hydrogen-bond donors (Lipinski definition) is 0. The van der Waals surface area contributed by atoms with E-state index in [0.717, 1.165) is 9.86 Å². The standard InChI is InChI=1S/C20H15BrN2O6/c1-25-15-8-11(9-16(26-2)17(15)27-3)18-22-19(29-23-18)13-7-10-6-12(21)4-5-14(10)28-20(13)24/h4-9H,1-3H3. The highest BCUT2D eigenvalue weighted by Crippen LogP contribution is 2.40. The minimum Gasteiger partial charge on any atom is -0.493 e. The van der Waals surface area contributed by atoms with Crippen molar-refractivity contribution in [3.63, 3.8) is 0 Å². The lowest BCUT2D eigenvalue weighted by Crippen LogP contribution is -2.02. The summed E-state index contributed by atoms with van der Waals surface area (Å²) in [6, 6.07) is 10.4. The predicted octanol–water partition coefficient (Wildman–Crippen LogP) is 4.30. The Morgan fingerprint density at radius 2 is 1.69 bits per heavy atom. The highest BCUT2D eigenvalue weighted by atomic mass is 79.9. The molecule has 148 valence electrons. The molecule has 29 heavy (non-hydrogen) atoms. The highest BCUT2D eigenvalue weighted by molar-refractivity contribution is 9.10. The van der Waals surface area contributed by atoms with Crippen molar-refractivity contribution in [1.29, 1.82) is 0 Å². The number of benzene rings is 2. The lowest BCUT2D eigenvalue weighted by atomic mass is 10.1. The molecule has 0 aliphatic rings. The number of hydrogen-bond acceptors (Lipinski definition) is 8. The van der Waals surface area contributed by atoms with Crippen LogP contribution in [0.25, 0.3) is 33.8 Å². The van der Waals surface area contributed by atoms with E-state index in [0.29, 0.717) is 28.4 Å². The van der Waals surface area contributed by atoms with Gasteiger partial charge in [-0.2, -0.15) is 4.98 Å². The molecule has 0 amide bonds. The van der Waals surface area contributed by atoms with Crippen LogP contribution in [0.3, 0.4) is 0 Å². The highest BCUT2D eigenvalue weighted by Gasteiger charge is 2.20. The van der Waals surface area contributed by atoms with Crippen LogP contribution in [-0.4, -0.2) is 31.5 Å². The fourth-order valence-electron chi connectivity index (χ4n) is 2.90. The molecule has 0 aliphatic heterocycles. The summed E-state index contributed by atoms with van der Waals surface area (Å²) < 4.78 is 27.6. The number of rotatable bonds is 5. The molecule has 2 aromatic carbocycles. The van der Waals surface area contributed by atoms with Crippen LogP contribution in [0, 0.1) is 0 Å². The maximum Gasteiger partial charge on any atom is 0.349 e. The van der Waals surface area contributed by atoms with Gasteiger partial charge in [0.25, 0.3) is 5.89 Å². The second-order valence-corrected chi connectivity index (χ2v) is 6.88. The van der Waals surface area contributed by atoms with Crippen molar-refractivity contribution in [2.45, 2.75) is 0 Å². The summed E-state index contributed by atoms with van der Waals surface area (Å²) >= 11 is 3.40. The Bertz CT molecular complexity index is 1240. The normalized spacial score (nSPS) is 10.9. The van der Waals surface area contributed by atoms with E-state index < -0.39 is 5.63 Å². The van der Waals surface area contributed by atoms with E-state index in [1.54, 1.807) is 30.3 Å².